The second-order valence-electron chi connectivity index (χ2n) is 7.04. The van der Waals surface area contributed by atoms with Crippen LogP contribution in [0.25, 0.3) is 0 Å². The van der Waals surface area contributed by atoms with Crippen molar-refractivity contribution in [2.45, 2.75) is 31.6 Å². The Morgan fingerprint density at radius 3 is 2.78 bits per heavy atom. The van der Waals surface area contributed by atoms with E-state index in [1.807, 2.05) is 17.0 Å². The Morgan fingerprint density at radius 1 is 1.19 bits per heavy atom. The predicted octanol–water partition coefficient (Wildman–Crippen LogP) is 3.94. The Bertz CT molecular complexity index is 703. The summed E-state index contributed by atoms with van der Waals surface area (Å²) in [6, 6.07) is 14.4. The first kappa shape index (κ1) is 19.4. The topological polar surface area (TPSA) is 54.5 Å². The number of carbonyl (C=O) groups excluding carboxylic acids is 1. The van der Waals surface area contributed by atoms with Gasteiger partial charge in [-0.2, -0.15) is 0 Å². The van der Waals surface area contributed by atoms with Crippen LogP contribution in [0, 0.1) is 0 Å². The maximum absolute atomic E-state index is 12.9. The van der Waals surface area contributed by atoms with Crippen LogP contribution in [0.15, 0.2) is 48.7 Å². The van der Waals surface area contributed by atoms with Gasteiger partial charge < -0.3 is 15.0 Å². The normalized spacial score (nSPS) is 17.4. The standard InChI is InChI=1S/C22H29N3O2/c1-27-16-6-13-23-21-11-10-20(17-24-21)22(26)25-14-5-9-19(12-15-25)18-7-3-2-4-8-18/h2-4,7-8,10-11,17,19H,5-6,9,12-16H2,1H3,(H,23,24)/t19-/m0/s1. The number of hydrogen-bond acceptors (Lipinski definition) is 4. The Hall–Kier alpha value is -2.40. The number of amides is 1. The molecule has 0 saturated carbocycles. The van der Waals surface area contributed by atoms with E-state index in [1.165, 1.54) is 5.56 Å². The van der Waals surface area contributed by atoms with E-state index in [4.69, 9.17) is 4.74 Å². The summed E-state index contributed by atoms with van der Waals surface area (Å²) in [5, 5.41) is 3.24. The summed E-state index contributed by atoms with van der Waals surface area (Å²) in [5.74, 6) is 1.42. The fourth-order valence-electron chi connectivity index (χ4n) is 3.60. The van der Waals surface area contributed by atoms with Gasteiger partial charge in [0.2, 0.25) is 0 Å². The van der Waals surface area contributed by atoms with E-state index < -0.39 is 0 Å². The Kier molecular flexibility index (Phi) is 7.22. The number of hydrogen-bond donors (Lipinski definition) is 1. The van der Waals surface area contributed by atoms with Gasteiger partial charge in [-0.3, -0.25) is 4.79 Å². The highest BCUT2D eigenvalue weighted by Gasteiger charge is 2.22. The quantitative estimate of drug-likeness (QED) is 0.753. The van der Waals surface area contributed by atoms with Gasteiger partial charge >= 0.3 is 0 Å². The summed E-state index contributed by atoms with van der Waals surface area (Å²) in [6.45, 7) is 3.15. The molecule has 1 aliphatic heterocycles. The van der Waals surface area contributed by atoms with Gasteiger partial charge in [-0.05, 0) is 49.3 Å². The largest absolute Gasteiger partial charge is 0.385 e. The van der Waals surface area contributed by atoms with Crippen molar-refractivity contribution in [1.29, 1.82) is 0 Å². The monoisotopic (exact) mass is 367 g/mol. The van der Waals surface area contributed by atoms with Crippen LogP contribution in [-0.4, -0.2) is 49.1 Å². The van der Waals surface area contributed by atoms with E-state index in [2.05, 4.69) is 40.6 Å². The number of likely N-dealkylation sites (tertiary alicyclic amines) is 1. The van der Waals surface area contributed by atoms with Crippen molar-refractivity contribution in [1.82, 2.24) is 9.88 Å². The van der Waals surface area contributed by atoms with E-state index in [-0.39, 0.29) is 5.91 Å². The van der Waals surface area contributed by atoms with Gasteiger partial charge in [0.25, 0.3) is 5.91 Å². The summed E-state index contributed by atoms with van der Waals surface area (Å²) < 4.78 is 5.03. The number of pyridine rings is 1. The molecule has 1 atom stereocenters. The van der Waals surface area contributed by atoms with Crippen LogP contribution >= 0.6 is 0 Å². The SMILES string of the molecule is COCCCNc1ccc(C(=O)N2CCC[C@H](c3ccccc3)CC2)cn1. The van der Waals surface area contributed by atoms with E-state index in [9.17, 15) is 4.79 Å². The van der Waals surface area contributed by atoms with Gasteiger partial charge in [0.05, 0.1) is 5.56 Å². The molecule has 1 aliphatic rings. The van der Waals surface area contributed by atoms with Gasteiger partial charge in [-0.1, -0.05) is 30.3 Å². The van der Waals surface area contributed by atoms with Crippen molar-refractivity contribution in [2.75, 3.05) is 38.7 Å². The van der Waals surface area contributed by atoms with Crippen molar-refractivity contribution in [3.63, 3.8) is 0 Å². The second kappa shape index (κ2) is 10.1. The number of anilines is 1. The van der Waals surface area contributed by atoms with Crippen LogP contribution in [0.3, 0.4) is 0 Å². The average molecular weight is 367 g/mol. The average Bonchev–Trinajstić information content (AvgIpc) is 2.98. The zero-order valence-corrected chi connectivity index (χ0v) is 16.1. The van der Waals surface area contributed by atoms with E-state index in [0.29, 0.717) is 11.5 Å². The summed E-state index contributed by atoms with van der Waals surface area (Å²) >= 11 is 0. The number of nitrogens with zero attached hydrogens (tertiary/aromatic N) is 2. The molecule has 1 N–H and O–H groups in total. The van der Waals surface area contributed by atoms with Crippen LogP contribution in [0.5, 0.6) is 0 Å². The lowest BCUT2D eigenvalue weighted by atomic mass is 9.92. The smallest absolute Gasteiger partial charge is 0.255 e. The third-order valence-corrected chi connectivity index (χ3v) is 5.13. The van der Waals surface area contributed by atoms with Crippen LogP contribution in [-0.2, 0) is 4.74 Å². The summed E-state index contributed by atoms with van der Waals surface area (Å²) in [6.07, 6.45) is 5.80. The number of benzene rings is 1. The molecule has 3 rings (SSSR count). The van der Waals surface area contributed by atoms with Gasteiger partial charge in [0.15, 0.2) is 0 Å². The number of ether oxygens (including phenoxy) is 1. The maximum Gasteiger partial charge on any atom is 0.255 e. The number of rotatable bonds is 7. The molecule has 0 spiro atoms. The first-order chi connectivity index (χ1) is 13.3. The van der Waals surface area contributed by atoms with Crippen molar-refractivity contribution >= 4 is 11.7 Å². The molecule has 27 heavy (non-hydrogen) atoms. The van der Waals surface area contributed by atoms with Crippen molar-refractivity contribution in [3.05, 3.63) is 59.8 Å². The predicted molar refractivity (Wildman–Crippen MR) is 108 cm³/mol. The molecule has 0 aliphatic carbocycles. The molecule has 5 heteroatoms. The fourth-order valence-corrected chi connectivity index (χ4v) is 3.60. The highest BCUT2D eigenvalue weighted by Crippen LogP contribution is 2.28. The Balaban J connectivity index is 1.54. The first-order valence-corrected chi connectivity index (χ1v) is 9.81. The number of carbonyl (C=O) groups is 1. The maximum atomic E-state index is 12.9. The van der Waals surface area contributed by atoms with Crippen molar-refractivity contribution < 1.29 is 9.53 Å². The number of methoxy groups -OCH3 is 1. The molecule has 2 heterocycles. The minimum Gasteiger partial charge on any atom is -0.385 e. The Labute approximate surface area is 161 Å². The van der Waals surface area contributed by atoms with Crippen LogP contribution in [0.2, 0.25) is 0 Å². The molecular formula is C22H29N3O2. The van der Waals surface area contributed by atoms with Crippen LogP contribution in [0.4, 0.5) is 5.82 Å². The Morgan fingerprint density at radius 2 is 2.04 bits per heavy atom. The summed E-state index contributed by atoms with van der Waals surface area (Å²) in [7, 11) is 1.70. The van der Waals surface area contributed by atoms with Crippen LogP contribution < -0.4 is 5.32 Å². The minimum absolute atomic E-state index is 0.0853. The van der Waals surface area contributed by atoms with Gasteiger partial charge in [-0.15, -0.1) is 0 Å². The molecule has 144 valence electrons. The molecule has 1 aromatic heterocycles. The highest BCUT2D eigenvalue weighted by molar-refractivity contribution is 5.94. The van der Waals surface area contributed by atoms with Gasteiger partial charge in [0.1, 0.15) is 5.82 Å². The molecule has 0 bridgehead atoms. The fraction of sp³-hybridized carbons (Fsp3) is 0.455. The van der Waals surface area contributed by atoms with Crippen LogP contribution in [0.1, 0.15) is 47.5 Å². The second-order valence-corrected chi connectivity index (χ2v) is 7.04. The molecular weight excluding hydrogens is 338 g/mol. The molecule has 1 amide bonds. The summed E-state index contributed by atoms with van der Waals surface area (Å²) in [5.41, 5.74) is 2.05. The van der Waals surface area contributed by atoms with E-state index in [0.717, 1.165) is 57.7 Å². The zero-order chi connectivity index (χ0) is 18.9. The van der Waals surface area contributed by atoms with Gasteiger partial charge in [0, 0.05) is 39.5 Å². The number of nitrogens with one attached hydrogen (secondary N) is 1. The zero-order valence-electron chi connectivity index (χ0n) is 16.1. The van der Waals surface area contributed by atoms with E-state index >= 15 is 0 Å². The molecule has 1 saturated heterocycles. The first-order valence-electron chi connectivity index (χ1n) is 9.81. The van der Waals surface area contributed by atoms with Crippen molar-refractivity contribution in [2.24, 2.45) is 0 Å². The lowest BCUT2D eigenvalue weighted by Gasteiger charge is -2.21. The number of aromatic nitrogens is 1. The third kappa shape index (κ3) is 5.54. The third-order valence-electron chi connectivity index (χ3n) is 5.13. The van der Waals surface area contributed by atoms with Crippen molar-refractivity contribution in [3.8, 4) is 0 Å². The minimum atomic E-state index is 0.0853. The molecule has 1 aromatic carbocycles. The van der Waals surface area contributed by atoms with E-state index in [1.54, 1.807) is 13.3 Å². The molecule has 0 radical (unpaired) electrons. The molecule has 2 aromatic rings. The molecule has 5 nitrogen and oxygen atoms in total. The lowest BCUT2D eigenvalue weighted by Crippen LogP contribution is -2.32. The van der Waals surface area contributed by atoms with Gasteiger partial charge in [-0.25, -0.2) is 4.98 Å². The summed E-state index contributed by atoms with van der Waals surface area (Å²) in [4.78, 5) is 19.2. The lowest BCUT2D eigenvalue weighted by molar-refractivity contribution is 0.0760. The molecule has 0 unspecified atom stereocenters. The molecule has 1 fully saturated rings. The highest BCUT2D eigenvalue weighted by atomic mass is 16.5.